The minimum atomic E-state index is -0.0619. The van der Waals surface area contributed by atoms with Crippen molar-refractivity contribution in [2.45, 2.75) is 96.8 Å². The zero-order valence-electron chi connectivity index (χ0n) is 14.4. The Hall–Kier alpha value is -0.530. The first-order valence-electron chi connectivity index (χ1n) is 9.34. The van der Waals surface area contributed by atoms with Crippen LogP contribution in [0.5, 0.6) is 0 Å². The molecule has 2 nitrogen and oxygen atoms in total. The molecule has 1 aliphatic rings. The van der Waals surface area contributed by atoms with Gasteiger partial charge < -0.3 is 4.74 Å². The lowest BCUT2D eigenvalue weighted by Gasteiger charge is -2.18. The molecule has 2 unspecified atom stereocenters. The van der Waals surface area contributed by atoms with Crippen LogP contribution in [0.15, 0.2) is 0 Å². The van der Waals surface area contributed by atoms with Gasteiger partial charge in [0, 0.05) is 6.42 Å². The summed E-state index contributed by atoms with van der Waals surface area (Å²) in [5.41, 5.74) is 0. The molecule has 0 aromatic carbocycles. The first-order chi connectivity index (χ1) is 10.3. The minimum absolute atomic E-state index is 0.0619. The number of rotatable bonds is 12. The molecule has 21 heavy (non-hydrogen) atoms. The topological polar surface area (TPSA) is 26.3 Å². The highest BCUT2D eigenvalue weighted by Crippen LogP contribution is 2.38. The van der Waals surface area contributed by atoms with Gasteiger partial charge in [-0.2, -0.15) is 0 Å². The molecular formula is C19H36O2. The summed E-state index contributed by atoms with van der Waals surface area (Å²) in [4.78, 5) is 11.0. The molecule has 0 bridgehead atoms. The van der Waals surface area contributed by atoms with Gasteiger partial charge >= 0.3 is 5.97 Å². The molecule has 0 spiro atoms. The fourth-order valence-electron chi connectivity index (χ4n) is 3.91. The highest BCUT2D eigenvalue weighted by atomic mass is 16.5. The summed E-state index contributed by atoms with van der Waals surface area (Å²) in [5.74, 6) is 2.03. The van der Waals surface area contributed by atoms with Crippen LogP contribution >= 0.6 is 0 Å². The van der Waals surface area contributed by atoms with E-state index in [2.05, 4.69) is 11.7 Å². The molecule has 1 rings (SSSR count). The number of hydrogen-bond donors (Lipinski definition) is 0. The number of methoxy groups -OCH3 is 1. The zero-order valence-corrected chi connectivity index (χ0v) is 14.4. The van der Waals surface area contributed by atoms with E-state index < -0.39 is 0 Å². The zero-order chi connectivity index (χ0) is 15.3. The van der Waals surface area contributed by atoms with Crippen LogP contribution in [0.4, 0.5) is 0 Å². The Morgan fingerprint density at radius 2 is 1.48 bits per heavy atom. The molecule has 0 radical (unpaired) electrons. The maximum absolute atomic E-state index is 11.0. The standard InChI is InChI=1S/C19H36O2/c1-3-12-17-14-11-15-18(17)13-9-7-5-4-6-8-10-16-19(20)21-2/h17-18H,3-16H2,1-2H3. The van der Waals surface area contributed by atoms with Crippen LogP contribution in [-0.4, -0.2) is 13.1 Å². The molecule has 0 aromatic heterocycles. The summed E-state index contributed by atoms with van der Waals surface area (Å²) in [6.45, 7) is 2.33. The highest BCUT2D eigenvalue weighted by Gasteiger charge is 2.25. The van der Waals surface area contributed by atoms with Gasteiger partial charge in [0.25, 0.3) is 0 Å². The van der Waals surface area contributed by atoms with E-state index in [4.69, 9.17) is 0 Å². The van der Waals surface area contributed by atoms with Crippen LogP contribution in [0.2, 0.25) is 0 Å². The third-order valence-electron chi connectivity index (χ3n) is 5.16. The fraction of sp³-hybridized carbons (Fsp3) is 0.947. The van der Waals surface area contributed by atoms with Crippen LogP contribution in [0, 0.1) is 11.8 Å². The molecule has 0 aliphatic heterocycles. The molecule has 1 fully saturated rings. The van der Waals surface area contributed by atoms with E-state index in [1.165, 1.54) is 84.2 Å². The number of hydrogen-bond acceptors (Lipinski definition) is 2. The van der Waals surface area contributed by atoms with Crippen molar-refractivity contribution in [3.63, 3.8) is 0 Å². The number of unbranched alkanes of at least 4 members (excludes halogenated alkanes) is 6. The molecule has 2 atom stereocenters. The molecule has 0 saturated heterocycles. The van der Waals surface area contributed by atoms with Crippen molar-refractivity contribution < 1.29 is 9.53 Å². The van der Waals surface area contributed by atoms with Gasteiger partial charge in [-0.25, -0.2) is 0 Å². The quantitative estimate of drug-likeness (QED) is 0.332. The van der Waals surface area contributed by atoms with Gasteiger partial charge in [-0.05, 0) is 18.3 Å². The number of esters is 1. The third kappa shape index (κ3) is 8.48. The highest BCUT2D eigenvalue weighted by molar-refractivity contribution is 5.68. The van der Waals surface area contributed by atoms with Gasteiger partial charge in [-0.3, -0.25) is 4.79 Å². The summed E-state index contributed by atoms with van der Waals surface area (Å²) in [5, 5.41) is 0. The summed E-state index contributed by atoms with van der Waals surface area (Å²) in [7, 11) is 1.47. The van der Waals surface area contributed by atoms with Gasteiger partial charge in [0.1, 0.15) is 0 Å². The lowest BCUT2D eigenvalue weighted by molar-refractivity contribution is -0.140. The Labute approximate surface area is 132 Å². The van der Waals surface area contributed by atoms with Gasteiger partial charge in [-0.15, -0.1) is 0 Å². The molecule has 0 amide bonds. The second-order valence-electron chi connectivity index (χ2n) is 6.83. The molecule has 2 heteroatoms. The summed E-state index contributed by atoms with van der Waals surface area (Å²) >= 11 is 0. The Morgan fingerprint density at radius 3 is 2.10 bits per heavy atom. The Kier molecular flexibility index (Phi) is 10.6. The molecule has 0 heterocycles. The van der Waals surface area contributed by atoms with Crippen molar-refractivity contribution in [1.82, 2.24) is 0 Å². The Morgan fingerprint density at radius 1 is 0.905 bits per heavy atom. The summed E-state index contributed by atoms with van der Waals surface area (Å²) < 4.78 is 4.65. The Balaban J connectivity index is 1.87. The van der Waals surface area contributed by atoms with Gasteiger partial charge in [0.2, 0.25) is 0 Å². The van der Waals surface area contributed by atoms with Crippen LogP contribution in [0.25, 0.3) is 0 Å². The molecular weight excluding hydrogens is 260 g/mol. The van der Waals surface area contributed by atoms with E-state index in [1.807, 2.05) is 0 Å². The molecule has 1 aliphatic carbocycles. The van der Waals surface area contributed by atoms with Crippen LogP contribution in [0.3, 0.4) is 0 Å². The van der Waals surface area contributed by atoms with Crippen molar-refractivity contribution in [3.05, 3.63) is 0 Å². The second kappa shape index (κ2) is 12.1. The Bertz CT molecular complexity index is 262. The van der Waals surface area contributed by atoms with Gasteiger partial charge in [0.15, 0.2) is 0 Å². The van der Waals surface area contributed by atoms with Crippen LogP contribution in [0.1, 0.15) is 96.8 Å². The van der Waals surface area contributed by atoms with Crippen molar-refractivity contribution in [1.29, 1.82) is 0 Å². The lowest BCUT2D eigenvalue weighted by atomic mass is 9.87. The van der Waals surface area contributed by atoms with Crippen LogP contribution < -0.4 is 0 Å². The van der Waals surface area contributed by atoms with E-state index in [9.17, 15) is 4.79 Å². The van der Waals surface area contributed by atoms with Crippen molar-refractivity contribution in [3.8, 4) is 0 Å². The maximum atomic E-state index is 11.0. The molecule has 0 N–H and O–H groups in total. The van der Waals surface area contributed by atoms with E-state index in [0.29, 0.717) is 6.42 Å². The van der Waals surface area contributed by atoms with Gasteiger partial charge in [-0.1, -0.05) is 84.0 Å². The second-order valence-corrected chi connectivity index (χ2v) is 6.83. The number of carbonyl (C=O) groups is 1. The van der Waals surface area contributed by atoms with Crippen molar-refractivity contribution in [2.24, 2.45) is 11.8 Å². The monoisotopic (exact) mass is 296 g/mol. The van der Waals surface area contributed by atoms with E-state index >= 15 is 0 Å². The van der Waals surface area contributed by atoms with Gasteiger partial charge in [0.05, 0.1) is 7.11 Å². The summed E-state index contributed by atoms with van der Waals surface area (Å²) in [6, 6.07) is 0. The smallest absolute Gasteiger partial charge is 0.305 e. The molecule has 0 aromatic rings. The average Bonchev–Trinajstić information content (AvgIpc) is 2.93. The minimum Gasteiger partial charge on any atom is -0.469 e. The lowest BCUT2D eigenvalue weighted by Crippen LogP contribution is -2.07. The predicted octanol–water partition coefficient (Wildman–Crippen LogP) is 5.89. The largest absolute Gasteiger partial charge is 0.469 e. The van der Waals surface area contributed by atoms with Crippen LogP contribution in [-0.2, 0) is 9.53 Å². The van der Waals surface area contributed by atoms with E-state index in [1.54, 1.807) is 0 Å². The summed E-state index contributed by atoms with van der Waals surface area (Å²) in [6.07, 6.45) is 18.4. The third-order valence-corrected chi connectivity index (χ3v) is 5.16. The van der Waals surface area contributed by atoms with E-state index in [-0.39, 0.29) is 5.97 Å². The van der Waals surface area contributed by atoms with Crippen molar-refractivity contribution >= 4 is 5.97 Å². The fourth-order valence-corrected chi connectivity index (χ4v) is 3.91. The average molecular weight is 296 g/mol. The first-order valence-corrected chi connectivity index (χ1v) is 9.34. The SMILES string of the molecule is CCCC1CCCC1CCCCCCCCCC(=O)OC. The molecule has 124 valence electrons. The first kappa shape index (κ1) is 18.5. The van der Waals surface area contributed by atoms with Crippen molar-refractivity contribution in [2.75, 3.05) is 7.11 Å². The molecule has 1 saturated carbocycles. The number of carbonyl (C=O) groups excluding carboxylic acids is 1. The number of ether oxygens (including phenoxy) is 1. The maximum Gasteiger partial charge on any atom is 0.305 e. The predicted molar refractivity (Wildman–Crippen MR) is 89.3 cm³/mol. The normalized spacial score (nSPS) is 21.6. The van der Waals surface area contributed by atoms with E-state index in [0.717, 1.165) is 18.3 Å².